The van der Waals surface area contributed by atoms with Gasteiger partial charge in [-0.2, -0.15) is 0 Å². The van der Waals surface area contributed by atoms with Crippen molar-refractivity contribution in [3.05, 3.63) is 10.1 Å². The van der Waals surface area contributed by atoms with Crippen LogP contribution in [-0.4, -0.2) is 34.3 Å². The van der Waals surface area contributed by atoms with Crippen molar-refractivity contribution in [1.29, 1.82) is 0 Å². The molecule has 0 N–H and O–H groups in total. The van der Waals surface area contributed by atoms with E-state index in [1.807, 2.05) is 0 Å². The van der Waals surface area contributed by atoms with Crippen molar-refractivity contribution in [2.24, 2.45) is 0 Å². The van der Waals surface area contributed by atoms with Crippen molar-refractivity contribution in [3.8, 4) is 0 Å². The summed E-state index contributed by atoms with van der Waals surface area (Å²) in [4.78, 5) is 10.4. The number of alkyl halides is 2. The molecule has 1 unspecified atom stereocenters. The molecule has 0 amide bonds. The highest BCUT2D eigenvalue weighted by molar-refractivity contribution is 6.51. The fraction of sp³-hybridized carbons (Fsp3) is 1.00. The second-order valence-electron chi connectivity index (χ2n) is 2.58. The zero-order chi connectivity index (χ0) is 9.35. The molecule has 1 aliphatic rings. The molecule has 0 aliphatic heterocycles. The maximum atomic E-state index is 10.4. The van der Waals surface area contributed by atoms with Crippen molar-refractivity contribution >= 4 is 23.2 Å². The number of nitro groups is 1. The molecule has 0 spiro atoms. The summed E-state index contributed by atoms with van der Waals surface area (Å²) in [6.07, 6.45) is 0.403. The minimum atomic E-state index is -0.981. The molecule has 0 heterocycles. The van der Waals surface area contributed by atoms with Gasteiger partial charge in [-0.3, -0.25) is 0 Å². The van der Waals surface area contributed by atoms with E-state index >= 15 is 0 Å². The van der Waals surface area contributed by atoms with E-state index in [1.165, 1.54) is 7.11 Å². The van der Waals surface area contributed by atoms with Gasteiger partial charge in [0.15, 0.2) is 11.8 Å². The number of methoxy groups -OCH3 is 1. The summed E-state index contributed by atoms with van der Waals surface area (Å²) in [5.41, 5.74) is 0. The van der Waals surface area contributed by atoms with Gasteiger partial charge >= 0.3 is 0 Å². The molecule has 0 aromatic rings. The molecule has 1 atom stereocenters. The summed E-state index contributed by atoms with van der Waals surface area (Å²) < 4.78 is 3.65. The van der Waals surface area contributed by atoms with Gasteiger partial charge in [0.1, 0.15) is 10.4 Å². The van der Waals surface area contributed by atoms with Crippen LogP contribution in [0, 0.1) is 10.1 Å². The Bertz CT molecular complexity index is 199. The van der Waals surface area contributed by atoms with Gasteiger partial charge in [0.25, 0.3) is 0 Å². The largest absolute Gasteiger partial charge is 0.359 e. The first-order chi connectivity index (χ1) is 5.49. The van der Waals surface area contributed by atoms with E-state index in [4.69, 9.17) is 23.2 Å². The number of hydrogen-bond acceptors (Lipinski definition) is 3. The molecule has 12 heavy (non-hydrogen) atoms. The minimum Gasteiger partial charge on any atom is -0.359 e. The van der Waals surface area contributed by atoms with Gasteiger partial charge in [-0.15, -0.1) is 0 Å². The molecule has 7 heteroatoms. The molecule has 0 radical (unpaired) electrons. The van der Waals surface area contributed by atoms with E-state index in [0.29, 0.717) is 6.42 Å². The van der Waals surface area contributed by atoms with Crippen LogP contribution >= 0.6 is 23.2 Å². The normalized spacial score (nSPS) is 25.1. The predicted octanol–water partition coefficient (Wildman–Crippen LogP) is 1.03. The van der Waals surface area contributed by atoms with E-state index in [9.17, 15) is 10.1 Å². The molecule has 0 aromatic carbocycles. The Kier molecular flexibility index (Phi) is 2.65. The molecule has 0 aromatic heterocycles. The zero-order valence-corrected chi connectivity index (χ0v) is 7.88. The van der Waals surface area contributed by atoms with E-state index in [-0.39, 0.29) is 6.73 Å². The number of halogens is 2. The van der Waals surface area contributed by atoms with Crippen LogP contribution in [0.3, 0.4) is 0 Å². The van der Waals surface area contributed by atoms with Crippen LogP contribution in [0.15, 0.2) is 0 Å². The minimum absolute atomic E-state index is 0.0984. The van der Waals surface area contributed by atoms with Crippen LogP contribution in [0.2, 0.25) is 0 Å². The van der Waals surface area contributed by atoms with Crippen LogP contribution in [0.25, 0.3) is 0 Å². The lowest BCUT2D eigenvalue weighted by atomic mass is 10.7. The van der Waals surface area contributed by atoms with Gasteiger partial charge in [0.2, 0.25) is 0 Å². The standard InChI is InChI=1S/C5H8Cl2N2O3/c1-12-3-8(9(10)11)4-2-5(4,6)7/h4H,2-3H2,1H3. The molecule has 1 fully saturated rings. The lowest BCUT2D eigenvalue weighted by Gasteiger charge is -2.12. The van der Waals surface area contributed by atoms with Crippen LogP contribution in [0.1, 0.15) is 6.42 Å². The maximum absolute atomic E-state index is 10.4. The molecule has 1 saturated carbocycles. The summed E-state index contributed by atoms with van der Waals surface area (Å²) in [5.74, 6) is 0. The van der Waals surface area contributed by atoms with E-state index < -0.39 is 15.4 Å². The first kappa shape index (κ1) is 9.83. The molecular weight excluding hydrogens is 207 g/mol. The SMILES string of the molecule is COCN(C1CC1(Cl)Cl)[N+](=O)[O-]. The van der Waals surface area contributed by atoms with Gasteiger partial charge in [-0.25, -0.2) is 10.1 Å². The summed E-state index contributed by atoms with van der Waals surface area (Å²) >= 11 is 11.3. The van der Waals surface area contributed by atoms with E-state index in [1.54, 1.807) is 0 Å². The van der Waals surface area contributed by atoms with E-state index in [2.05, 4.69) is 4.74 Å². The zero-order valence-electron chi connectivity index (χ0n) is 6.37. The van der Waals surface area contributed by atoms with Gasteiger partial charge in [0.05, 0.1) is 0 Å². The molecule has 0 saturated heterocycles. The highest BCUT2D eigenvalue weighted by Gasteiger charge is 2.59. The molecule has 1 rings (SSSR count). The van der Waals surface area contributed by atoms with Gasteiger partial charge in [0, 0.05) is 13.5 Å². The first-order valence-electron chi connectivity index (χ1n) is 3.26. The quantitative estimate of drug-likeness (QED) is 0.304. The third-order valence-corrected chi connectivity index (χ3v) is 2.44. The topological polar surface area (TPSA) is 55.6 Å². The highest BCUT2D eigenvalue weighted by atomic mass is 35.5. The lowest BCUT2D eigenvalue weighted by Crippen LogP contribution is -2.36. The molecule has 1 aliphatic carbocycles. The first-order valence-corrected chi connectivity index (χ1v) is 4.02. The van der Waals surface area contributed by atoms with Gasteiger partial charge in [-0.05, 0) is 0 Å². The van der Waals surface area contributed by atoms with Crippen molar-refractivity contribution in [2.75, 3.05) is 13.8 Å². The summed E-state index contributed by atoms with van der Waals surface area (Å²) in [7, 11) is 1.38. The van der Waals surface area contributed by atoms with Crippen LogP contribution in [0.5, 0.6) is 0 Å². The molecular formula is C5H8Cl2N2O3. The van der Waals surface area contributed by atoms with Crippen molar-refractivity contribution < 1.29 is 9.77 Å². The second-order valence-corrected chi connectivity index (χ2v) is 4.12. The van der Waals surface area contributed by atoms with Crippen LogP contribution in [-0.2, 0) is 4.74 Å². The summed E-state index contributed by atoms with van der Waals surface area (Å²) in [5, 5.41) is 10.7. The number of hydrazine groups is 1. The maximum Gasteiger partial charge on any atom is 0.176 e. The van der Waals surface area contributed by atoms with Crippen molar-refractivity contribution in [1.82, 2.24) is 5.01 Å². The Morgan fingerprint density at radius 2 is 2.33 bits per heavy atom. The summed E-state index contributed by atoms with van der Waals surface area (Å²) in [6, 6.07) is -0.434. The Balaban J connectivity index is 2.51. The smallest absolute Gasteiger partial charge is 0.176 e. The van der Waals surface area contributed by atoms with Gasteiger partial charge < -0.3 is 4.74 Å². The number of hydrogen-bond donors (Lipinski definition) is 0. The average molecular weight is 215 g/mol. The Morgan fingerprint density at radius 3 is 2.58 bits per heavy atom. The average Bonchev–Trinajstić information content (AvgIpc) is 2.54. The fourth-order valence-corrected chi connectivity index (χ4v) is 1.42. The van der Waals surface area contributed by atoms with Crippen molar-refractivity contribution in [3.63, 3.8) is 0 Å². The second kappa shape index (κ2) is 3.24. The fourth-order valence-electron chi connectivity index (χ4n) is 0.905. The highest BCUT2D eigenvalue weighted by Crippen LogP contribution is 2.50. The number of ether oxygens (including phenoxy) is 1. The third-order valence-electron chi connectivity index (χ3n) is 1.62. The van der Waals surface area contributed by atoms with Crippen molar-refractivity contribution in [2.45, 2.75) is 16.8 Å². The predicted molar refractivity (Wildman–Crippen MR) is 43.6 cm³/mol. The Hall–Kier alpha value is -0.260. The Labute approximate surface area is 79.3 Å². The van der Waals surface area contributed by atoms with Crippen LogP contribution in [0.4, 0.5) is 0 Å². The number of nitrogens with zero attached hydrogens (tertiary/aromatic N) is 2. The third kappa shape index (κ3) is 1.91. The monoisotopic (exact) mass is 214 g/mol. The number of rotatable bonds is 4. The molecule has 0 bridgehead atoms. The lowest BCUT2D eigenvalue weighted by molar-refractivity contribution is -0.667. The Morgan fingerprint density at radius 1 is 1.83 bits per heavy atom. The van der Waals surface area contributed by atoms with Crippen LogP contribution < -0.4 is 0 Å². The van der Waals surface area contributed by atoms with E-state index in [0.717, 1.165) is 5.01 Å². The summed E-state index contributed by atoms with van der Waals surface area (Å²) in [6.45, 7) is -0.0984. The van der Waals surface area contributed by atoms with Gasteiger partial charge in [-0.1, -0.05) is 28.2 Å². The molecule has 70 valence electrons. The molecule has 5 nitrogen and oxygen atoms in total.